The van der Waals surface area contributed by atoms with E-state index in [0.29, 0.717) is 0 Å². The van der Waals surface area contributed by atoms with Gasteiger partial charge in [-0.2, -0.15) is 0 Å². The molecule has 1 aliphatic rings. The predicted octanol–water partition coefficient (Wildman–Crippen LogP) is -0.158. The van der Waals surface area contributed by atoms with E-state index in [9.17, 15) is 4.79 Å². The van der Waals surface area contributed by atoms with Gasteiger partial charge in [-0.25, -0.2) is 0 Å². The number of carbonyl (C=O) groups is 1. The molecule has 2 atom stereocenters. The smallest absolute Gasteiger partial charge is 0.249 e. The third kappa shape index (κ3) is 2.42. The maximum Gasteiger partial charge on any atom is 0.249 e. The van der Waals surface area contributed by atoms with Gasteiger partial charge in [-0.15, -0.1) is 0 Å². The van der Waals surface area contributed by atoms with Crippen LogP contribution < -0.4 is 5.32 Å². The Morgan fingerprint density at radius 1 is 1.46 bits per heavy atom. The maximum atomic E-state index is 11.6. The Kier molecular flexibility index (Phi) is 3.69. The van der Waals surface area contributed by atoms with Crippen LogP contribution in [0.4, 0.5) is 0 Å². The molecule has 1 fully saturated rings. The Bertz CT molecular complexity index is 174. The lowest BCUT2D eigenvalue weighted by molar-refractivity contribution is -0.140. The van der Waals surface area contributed by atoms with E-state index in [1.54, 1.807) is 7.11 Å². The van der Waals surface area contributed by atoms with E-state index in [0.717, 1.165) is 13.1 Å². The van der Waals surface area contributed by atoms with Crippen molar-refractivity contribution < 1.29 is 9.53 Å². The number of methoxy groups -OCH3 is 1. The molecule has 0 aromatic rings. The summed E-state index contributed by atoms with van der Waals surface area (Å²) in [5.41, 5.74) is 0. The summed E-state index contributed by atoms with van der Waals surface area (Å²) >= 11 is 0. The van der Waals surface area contributed by atoms with Crippen LogP contribution in [0.1, 0.15) is 13.8 Å². The number of piperazine rings is 1. The Morgan fingerprint density at radius 2 is 2.00 bits per heavy atom. The Hall–Kier alpha value is -0.610. The molecule has 2 unspecified atom stereocenters. The van der Waals surface area contributed by atoms with Crippen LogP contribution in [0.2, 0.25) is 0 Å². The summed E-state index contributed by atoms with van der Waals surface area (Å²) < 4.78 is 4.84. The van der Waals surface area contributed by atoms with E-state index in [1.165, 1.54) is 0 Å². The van der Waals surface area contributed by atoms with Crippen LogP contribution in [0.5, 0.6) is 0 Å². The first kappa shape index (κ1) is 10.5. The molecule has 1 N–H and O–H groups in total. The van der Waals surface area contributed by atoms with Crippen molar-refractivity contribution in [2.75, 3.05) is 26.8 Å². The van der Waals surface area contributed by atoms with Gasteiger partial charge < -0.3 is 15.0 Å². The summed E-state index contributed by atoms with van der Waals surface area (Å²) in [7, 11) is 1.55. The molecule has 0 saturated carbocycles. The second kappa shape index (κ2) is 4.58. The SMILES string of the molecule is COCC(=O)N1C(C)CNCC1C. The number of hydrogen-bond acceptors (Lipinski definition) is 3. The zero-order valence-electron chi connectivity index (χ0n) is 8.54. The fourth-order valence-electron chi connectivity index (χ4n) is 1.82. The summed E-state index contributed by atoms with van der Waals surface area (Å²) in [5, 5.41) is 3.28. The first-order valence-corrected chi connectivity index (χ1v) is 4.67. The van der Waals surface area contributed by atoms with E-state index in [2.05, 4.69) is 19.2 Å². The van der Waals surface area contributed by atoms with Crippen LogP contribution in [-0.2, 0) is 9.53 Å². The molecule has 0 spiro atoms. The summed E-state index contributed by atoms with van der Waals surface area (Å²) in [6.07, 6.45) is 0. The van der Waals surface area contributed by atoms with Crippen molar-refractivity contribution in [1.82, 2.24) is 10.2 Å². The zero-order valence-corrected chi connectivity index (χ0v) is 8.54. The van der Waals surface area contributed by atoms with Crippen molar-refractivity contribution in [3.8, 4) is 0 Å². The molecule has 0 bridgehead atoms. The first-order valence-electron chi connectivity index (χ1n) is 4.67. The van der Waals surface area contributed by atoms with E-state index in [1.807, 2.05) is 4.90 Å². The molecule has 1 heterocycles. The third-order valence-corrected chi connectivity index (χ3v) is 2.39. The number of rotatable bonds is 2. The van der Waals surface area contributed by atoms with Gasteiger partial charge >= 0.3 is 0 Å². The van der Waals surface area contributed by atoms with Gasteiger partial charge in [0.2, 0.25) is 5.91 Å². The van der Waals surface area contributed by atoms with Crippen LogP contribution in [0.3, 0.4) is 0 Å². The lowest BCUT2D eigenvalue weighted by Gasteiger charge is -2.39. The Balaban J connectivity index is 2.57. The average Bonchev–Trinajstić information content (AvgIpc) is 2.04. The van der Waals surface area contributed by atoms with Crippen LogP contribution in [0.15, 0.2) is 0 Å². The molecule has 0 aromatic heterocycles. The third-order valence-electron chi connectivity index (χ3n) is 2.39. The molecular weight excluding hydrogens is 168 g/mol. The van der Waals surface area contributed by atoms with Gasteiger partial charge in [0, 0.05) is 32.3 Å². The number of nitrogens with zero attached hydrogens (tertiary/aromatic N) is 1. The van der Waals surface area contributed by atoms with Gasteiger partial charge in [-0.1, -0.05) is 0 Å². The topological polar surface area (TPSA) is 41.6 Å². The molecule has 4 nitrogen and oxygen atoms in total. The van der Waals surface area contributed by atoms with Crippen LogP contribution >= 0.6 is 0 Å². The second-order valence-corrected chi connectivity index (χ2v) is 3.59. The zero-order chi connectivity index (χ0) is 9.84. The molecule has 0 radical (unpaired) electrons. The van der Waals surface area contributed by atoms with E-state index in [-0.39, 0.29) is 24.6 Å². The minimum atomic E-state index is 0.0870. The van der Waals surface area contributed by atoms with Crippen molar-refractivity contribution in [2.24, 2.45) is 0 Å². The van der Waals surface area contributed by atoms with Gasteiger partial charge in [0.1, 0.15) is 6.61 Å². The summed E-state index contributed by atoms with van der Waals surface area (Å²) in [6, 6.07) is 0.540. The maximum absolute atomic E-state index is 11.6. The minimum Gasteiger partial charge on any atom is -0.375 e. The summed E-state index contributed by atoms with van der Waals surface area (Å²) in [5.74, 6) is 0.0870. The largest absolute Gasteiger partial charge is 0.375 e. The average molecular weight is 186 g/mol. The Morgan fingerprint density at radius 3 is 2.46 bits per heavy atom. The van der Waals surface area contributed by atoms with Gasteiger partial charge in [-0.05, 0) is 13.8 Å². The number of amides is 1. The fourth-order valence-corrected chi connectivity index (χ4v) is 1.82. The van der Waals surface area contributed by atoms with Crippen molar-refractivity contribution in [1.29, 1.82) is 0 Å². The molecule has 1 saturated heterocycles. The highest BCUT2D eigenvalue weighted by atomic mass is 16.5. The normalized spacial score (nSPS) is 29.0. The summed E-state index contributed by atoms with van der Waals surface area (Å²) in [6.45, 7) is 6.04. The standard InChI is InChI=1S/C9H18N2O2/c1-7-4-10-5-8(2)11(7)9(12)6-13-3/h7-8,10H,4-6H2,1-3H3. The van der Waals surface area contributed by atoms with Gasteiger partial charge in [-0.3, -0.25) is 4.79 Å². The van der Waals surface area contributed by atoms with Crippen LogP contribution in [-0.4, -0.2) is 49.7 Å². The molecule has 76 valence electrons. The van der Waals surface area contributed by atoms with Crippen LogP contribution in [0, 0.1) is 0 Å². The lowest BCUT2D eigenvalue weighted by Crippen LogP contribution is -2.58. The highest BCUT2D eigenvalue weighted by molar-refractivity contribution is 5.78. The molecule has 13 heavy (non-hydrogen) atoms. The molecule has 0 aromatic carbocycles. The molecule has 1 amide bonds. The fraction of sp³-hybridized carbons (Fsp3) is 0.889. The number of nitrogens with one attached hydrogen (secondary N) is 1. The quantitative estimate of drug-likeness (QED) is 0.651. The summed E-state index contributed by atoms with van der Waals surface area (Å²) in [4.78, 5) is 13.5. The monoisotopic (exact) mass is 186 g/mol. The van der Waals surface area contributed by atoms with Gasteiger partial charge in [0.05, 0.1) is 0 Å². The van der Waals surface area contributed by atoms with Crippen molar-refractivity contribution >= 4 is 5.91 Å². The van der Waals surface area contributed by atoms with Crippen molar-refractivity contribution in [3.05, 3.63) is 0 Å². The number of hydrogen-bond donors (Lipinski definition) is 1. The van der Waals surface area contributed by atoms with E-state index < -0.39 is 0 Å². The van der Waals surface area contributed by atoms with Gasteiger partial charge in [0.15, 0.2) is 0 Å². The van der Waals surface area contributed by atoms with Crippen molar-refractivity contribution in [3.63, 3.8) is 0 Å². The first-order chi connectivity index (χ1) is 6.16. The van der Waals surface area contributed by atoms with Gasteiger partial charge in [0.25, 0.3) is 0 Å². The second-order valence-electron chi connectivity index (χ2n) is 3.59. The molecular formula is C9H18N2O2. The predicted molar refractivity (Wildman–Crippen MR) is 50.5 cm³/mol. The molecule has 1 rings (SSSR count). The Labute approximate surface area is 79.2 Å². The number of carbonyl (C=O) groups excluding carboxylic acids is 1. The lowest BCUT2D eigenvalue weighted by atomic mass is 10.1. The van der Waals surface area contributed by atoms with E-state index in [4.69, 9.17) is 4.74 Å². The minimum absolute atomic E-state index is 0.0870. The number of ether oxygens (including phenoxy) is 1. The molecule has 0 aliphatic carbocycles. The highest BCUT2D eigenvalue weighted by Gasteiger charge is 2.28. The van der Waals surface area contributed by atoms with E-state index >= 15 is 0 Å². The van der Waals surface area contributed by atoms with Crippen molar-refractivity contribution in [2.45, 2.75) is 25.9 Å². The van der Waals surface area contributed by atoms with Crippen LogP contribution in [0.25, 0.3) is 0 Å². The molecule has 4 heteroatoms. The molecule has 1 aliphatic heterocycles. The highest BCUT2D eigenvalue weighted by Crippen LogP contribution is 2.09.